The Bertz CT molecular complexity index is 532. The van der Waals surface area contributed by atoms with E-state index in [0.717, 1.165) is 25.9 Å². The SMILES string of the molecule is CCOC1CC(NC(=O)Cc2c(C)noc2Cl)C12CCCC2. The van der Waals surface area contributed by atoms with Crippen molar-refractivity contribution in [3.8, 4) is 0 Å². The van der Waals surface area contributed by atoms with Crippen molar-refractivity contribution in [2.45, 2.75) is 64.5 Å². The molecule has 1 amide bonds. The first-order chi connectivity index (χ1) is 10.6. The Morgan fingerprint density at radius 1 is 1.50 bits per heavy atom. The second-order valence-electron chi connectivity index (χ2n) is 6.44. The highest BCUT2D eigenvalue weighted by Crippen LogP contribution is 2.54. The van der Waals surface area contributed by atoms with E-state index in [9.17, 15) is 4.79 Å². The van der Waals surface area contributed by atoms with Crippen molar-refractivity contribution in [1.29, 1.82) is 0 Å². The smallest absolute Gasteiger partial charge is 0.229 e. The molecule has 6 heteroatoms. The van der Waals surface area contributed by atoms with Crippen LogP contribution in [0.2, 0.25) is 5.22 Å². The Balaban J connectivity index is 1.62. The monoisotopic (exact) mass is 326 g/mol. The van der Waals surface area contributed by atoms with Crippen LogP contribution < -0.4 is 5.32 Å². The maximum atomic E-state index is 12.3. The molecule has 0 radical (unpaired) electrons. The number of aromatic nitrogens is 1. The van der Waals surface area contributed by atoms with Crippen LogP contribution in [0.3, 0.4) is 0 Å². The molecule has 2 saturated carbocycles. The number of hydrogen-bond acceptors (Lipinski definition) is 4. The normalized spacial score (nSPS) is 26.1. The summed E-state index contributed by atoms with van der Waals surface area (Å²) in [6.45, 7) is 4.57. The van der Waals surface area contributed by atoms with E-state index < -0.39 is 0 Å². The van der Waals surface area contributed by atoms with E-state index in [1.165, 1.54) is 12.8 Å². The molecular weight excluding hydrogens is 304 g/mol. The zero-order valence-corrected chi connectivity index (χ0v) is 13.9. The van der Waals surface area contributed by atoms with Gasteiger partial charge >= 0.3 is 0 Å². The van der Waals surface area contributed by atoms with Gasteiger partial charge in [0.15, 0.2) is 0 Å². The van der Waals surface area contributed by atoms with Crippen LogP contribution in [0.4, 0.5) is 0 Å². The zero-order chi connectivity index (χ0) is 15.7. The van der Waals surface area contributed by atoms with Gasteiger partial charge in [-0.3, -0.25) is 4.79 Å². The van der Waals surface area contributed by atoms with Crippen LogP contribution in [-0.2, 0) is 16.0 Å². The summed E-state index contributed by atoms with van der Waals surface area (Å²) in [6.07, 6.45) is 6.19. The lowest BCUT2D eigenvalue weighted by Crippen LogP contribution is -2.63. The van der Waals surface area contributed by atoms with E-state index in [1.54, 1.807) is 6.92 Å². The van der Waals surface area contributed by atoms with Gasteiger partial charge in [0.25, 0.3) is 0 Å². The van der Waals surface area contributed by atoms with E-state index in [2.05, 4.69) is 10.5 Å². The van der Waals surface area contributed by atoms with Gasteiger partial charge in [-0.2, -0.15) is 0 Å². The van der Waals surface area contributed by atoms with Crippen molar-refractivity contribution >= 4 is 17.5 Å². The number of ether oxygens (including phenoxy) is 1. The highest BCUT2D eigenvalue weighted by molar-refractivity contribution is 6.29. The highest BCUT2D eigenvalue weighted by atomic mass is 35.5. The van der Waals surface area contributed by atoms with Gasteiger partial charge in [-0.15, -0.1) is 0 Å². The number of halogens is 1. The molecule has 2 aliphatic carbocycles. The Kier molecular flexibility index (Phi) is 4.46. The summed E-state index contributed by atoms with van der Waals surface area (Å²) >= 11 is 5.93. The molecule has 22 heavy (non-hydrogen) atoms. The summed E-state index contributed by atoms with van der Waals surface area (Å²) in [5, 5.41) is 7.18. The quantitative estimate of drug-likeness (QED) is 0.903. The maximum Gasteiger partial charge on any atom is 0.229 e. The minimum Gasteiger partial charge on any atom is -0.378 e. The van der Waals surface area contributed by atoms with Crippen LogP contribution in [0, 0.1) is 12.3 Å². The van der Waals surface area contributed by atoms with Gasteiger partial charge < -0.3 is 14.6 Å². The predicted molar refractivity (Wildman–Crippen MR) is 82.8 cm³/mol. The van der Waals surface area contributed by atoms with E-state index >= 15 is 0 Å². The first-order valence-electron chi connectivity index (χ1n) is 8.08. The van der Waals surface area contributed by atoms with Gasteiger partial charge in [0.05, 0.1) is 18.2 Å². The molecule has 2 unspecified atom stereocenters. The molecule has 122 valence electrons. The van der Waals surface area contributed by atoms with Gasteiger partial charge in [-0.1, -0.05) is 18.0 Å². The third-order valence-electron chi connectivity index (χ3n) is 5.30. The molecule has 1 heterocycles. The number of hydrogen-bond donors (Lipinski definition) is 1. The fourth-order valence-electron chi connectivity index (χ4n) is 4.05. The molecule has 0 aliphatic heterocycles. The Morgan fingerprint density at radius 3 is 2.82 bits per heavy atom. The van der Waals surface area contributed by atoms with Crippen LogP contribution >= 0.6 is 11.6 Å². The number of rotatable bonds is 5. The van der Waals surface area contributed by atoms with Crippen LogP contribution in [0.1, 0.15) is 50.3 Å². The summed E-state index contributed by atoms with van der Waals surface area (Å²) in [5.74, 6) is -0.0144. The molecule has 2 aliphatic rings. The van der Waals surface area contributed by atoms with Crippen molar-refractivity contribution in [2.24, 2.45) is 5.41 Å². The van der Waals surface area contributed by atoms with E-state index in [-0.39, 0.29) is 29.0 Å². The average Bonchev–Trinajstić information content (AvgIpc) is 3.11. The minimum atomic E-state index is -0.0144. The largest absolute Gasteiger partial charge is 0.378 e. The van der Waals surface area contributed by atoms with Crippen molar-refractivity contribution < 1.29 is 14.1 Å². The molecule has 0 saturated heterocycles. The number of nitrogens with zero attached hydrogens (tertiary/aromatic N) is 1. The molecule has 1 N–H and O–H groups in total. The van der Waals surface area contributed by atoms with Crippen LogP contribution in [-0.4, -0.2) is 29.8 Å². The molecule has 0 aromatic carbocycles. The lowest BCUT2D eigenvalue weighted by molar-refractivity contribution is -0.143. The third-order valence-corrected chi connectivity index (χ3v) is 5.59. The topological polar surface area (TPSA) is 64.4 Å². The second-order valence-corrected chi connectivity index (χ2v) is 6.78. The van der Waals surface area contributed by atoms with Crippen molar-refractivity contribution in [3.63, 3.8) is 0 Å². The van der Waals surface area contributed by atoms with E-state index in [4.69, 9.17) is 20.9 Å². The molecule has 2 fully saturated rings. The number of aryl methyl sites for hydroxylation is 1. The molecule has 0 bridgehead atoms. The molecule has 1 spiro atoms. The molecule has 5 nitrogen and oxygen atoms in total. The number of carbonyl (C=O) groups is 1. The van der Waals surface area contributed by atoms with Crippen molar-refractivity contribution in [2.75, 3.05) is 6.61 Å². The van der Waals surface area contributed by atoms with Crippen molar-refractivity contribution in [3.05, 3.63) is 16.5 Å². The molecule has 1 aromatic heterocycles. The number of nitrogens with one attached hydrogen (secondary N) is 1. The van der Waals surface area contributed by atoms with Crippen LogP contribution in [0.5, 0.6) is 0 Å². The van der Waals surface area contributed by atoms with Gasteiger partial charge in [0.1, 0.15) is 0 Å². The summed E-state index contributed by atoms with van der Waals surface area (Å²) in [5.41, 5.74) is 1.51. The summed E-state index contributed by atoms with van der Waals surface area (Å²) in [6, 6.07) is 0.220. The van der Waals surface area contributed by atoms with E-state index in [0.29, 0.717) is 17.4 Å². The Morgan fingerprint density at radius 2 is 2.23 bits per heavy atom. The summed E-state index contributed by atoms with van der Waals surface area (Å²) < 4.78 is 10.8. The van der Waals surface area contributed by atoms with E-state index in [1.807, 2.05) is 6.92 Å². The Labute approximate surface area is 135 Å². The fraction of sp³-hybridized carbons (Fsp3) is 0.750. The second kappa shape index (κ2) is 6.20. The van der Waals surface area contributed by atoms with Gasteiger partial charge in [0, 0.05) is 23.6 Å². The summed E-state index contributed by atoms with van der Waals surface area (Å²) in [7, 11) is 0. The molecule has 3 rings (SSSR count). The first-order valence-corrected chi connectivity index (χ1v) is 8.46. The standard InChI is InChI=1S/C16H23ClN2O3/c1-3-21-13-9-12(16(13)6-4-5-7-16)18-14(20)8-11-10(2)19-22-15(11)17/h12-13H,3-9H2,1-2H3,(H,18,20). The fourth-order valence-corrected chi connectivity index (χ4v) is 4.29. The Hall–Kier alpha value is -1.07. The minimum absolute atomic E-state index is 0.0144. The van der Waals surface area contributed by atoms with Gasteiger partial charge in [-0.25, -0.2) is 0 Å². The lowest BCUT2D eigenvalue weighted by Gasteiger charge is -2.54. The average molecular weight is 327 g/mol. The van der Waals surface area contributed by atoms with Gasteiger partial charge in [-0.05, 0) is 44.7 Å². The molecule has 1 aromatic rings. The highest BCUT2D eigenvalue weighted by Gasteiger charge is 2.57. The maximum absolute atomic E-state index is 12.3. The zero-order valence-electron chi connectivity index (χ0n) is 13.2. The van der Waals surface area contributed by atoms with Crippen LogP contribution in [0.25, 0.3) is 0 Å². The summed E-state index contributed by atoms with van der Waals surface area (Å²) in [4.78, 5) is 12.3. The lowest BCUT2D eigenvalue weighted by atomic mass is 9.60. The third kappa shape index (κ3) is 2.65. The predicted octanol–water partition coefficient (Wildman–Crippen LogP) is 3.03. The molecular formula is C16H23ClN2O3. The number of carbonyl (C=O) groups excluding carboxylic acids is 1. The first kappa shape index (κ1) is 15.8. The molecule has 2 atom stereocenters. The van der Waals surface area contributed by atoms with Gasteiger partial charge in [0.2, 0.25) is 11.1 Å². The van der Waals surface area contributed by atoms with Crippen molar-refractivity contribution in [1.82, 2.24) is 10.5 Å². The van der Waals surface area contributed by atoms with Crippen LogP contribution in [0.15, 0.2) is 4.52 Å². The number of amides is 1.